The maximum atomic E-state index is 12.6. The van der Waals surface area contributed by atoms with E-state index in [0.29, 0.717) is 5.91 Å². The molecule has 0 saturated heterocycles. The molecule has 1 amide bonds. The maximum Gasteiger partial charge on any atom is 0.226 e. The summed E-state index contributed by atoms with van der Waals surface area (Å²) < 4.78 is 2.17. The number of hydrogen-bond acceptors (Lipinski definition) is 2. The number of carbonyl (C=O) groups is 1. The maximum absolute atomic E-state index is 12.6. The third-order valence-electron chi connectivity index (χ3n) is 3.91. The van der Waals surface area contributed by atoms with Crippen LogP contribution in [0.15, 0.2) is 12.5 Å². The molecule has 19 heavy (non-hydrogen) atoms. The van der Waals surface area contributed by atoms with Gasteiger partial charge >= 0.3 is 0 Å². The molecule has 1 aromatic heterocycles. The molecule has 0 bridgehead atoms. The minimum absolute atomic E-state index is 0.160. The van der Waals surface area contributed by atoms with E-state index >= 15 is 0 Å². The summed E-state index contributed by atoms with van der Waals surface area (Å²) in [6, 6.07) is 0. The van der Waals surface area contributed by atoms with Gasteiger partial charge in [0.2, 0.25) is 5.91 Å². The summed E-state index contributed by atoms with van der Waals surface area (Å²) in [7, 11) is 0. The lowest BCUT2D eigenvalue weighted by Gasteiger charge is -2.29. The molecule has 2 rings (SSSR count). The lowest BCUT2D eigenvalue weighted by molar-refractivity contribution is -0.136. The summed E-state index contributed by atoms with van der Waals surface area (Å²) in [5.74, 6) is 0.510. The highest BCUT2D eigenvalue weighted by Gasteiger charge is 2.27. The van der Waals surface area contributed by atoms with Crippen molar-refractivity contribution in [1.29, 1.82) is 0 Å². The van der Waals surface area contributed by atoms with E-state index in [1.165, 1.54) is 5.69 Å². The Kier molecular flexibility index (Phi) is 5.00. The number of nitrogens with zero attached hydrogens (tertiary/aromatic N) is 3. The van der Waals surface area contributed by atoms with Gasteiger partial charge in [0.15, 0.2) is 0 Å². The van der Waals surface area contributed by atoms with Gasteiger partial charge in [0.25, 0.3) is 0 Å². The van der Waals surface area contributed by atoms with Gasteiger partial charge < -0.3 is 9.47 Å². The quantitative estimate of drug-likeness (QED) is 0.791. The van der Waals surface area contributed by atoms with E-state index in [-0.39, 0.29) is 5.92 Å². The fraction of sp³-hybridized carbons (Fsp3) is 0.733. The van der Waals surface area contributed by atoms with Crippen molar-refractivity contribution in [3.8, 4) is 0 Å². The molecule has 1 aliphatic heterocycles. The molecule has 0 aliphatic carbocycles. The summed E-state index contributed by atoms with van der Waals surface area (Å²) >= 11 is 0. The second-order valence-electron chi connectivity index (χ2n) is 5.45. The van der Waals surface area contributed by atoms with Crippen molar-refractivity contribution >= 4 is 5.91 Å². The van der Waals surface area contributed by atoms with Crippen LogP contribution in [-0.2, 0) is 17.8 Å². The number of unbranched alkanes of at least 4 members (excludes halogenated alkanes) is 1. The second kappa shape index (κ2) is 6.73. The van der Waals surface area contributed by atoms with Gasteiger partial charge in [0, 0.05) is 43.9 Å². The number of amides is 1. The van der Waals surface area contributed by atoms with Crippen LogP contribution >= 0.6 is 0 Å². The third-order valence-corrected chi connectivity index (χ3v) is 3.91. The molecule has 4 heteroatoms. The van der Waals surface area contributed by atoms with Crippen molar-refractivity contribution in [2.24, 2.45) is 5.92 Å². The van der Waals surface area contributed by atoms with Gasteiger partial charge in [-0.2, -0.15) is 0 Å². The monoisotopic (exact) mass is 263 g/mol. The van der Waals surface area contributed by atoms with Crippen LogP contribution in [0.2, 0.25) is 0 Å². The smallest absolute Gasteiger partial charge is 0.226 e. The predicted octanol–water partition coefficient (Wildman–Crippen LogP) is 2.48. The first-order valence-electron chi connectivity index (χ1n) is 7.54. The largest absolute Gasteiger partial charge is 0.342 e. The van der Waals surface area contributed by atoms with Crippen LogP contribution in [0, 0.1) is 5.92 Å². The summed E-state index contributed by atoms with van der Waals surface area (Å²) in [4.78, 5) is 18.9. The van der Waals surface area contributed by atoms with Crippen molar-refractivity contribution < 1.29 is 4.79 Å². The molecular formula is C15H25N3O. The summed E-state index contributed by atoms with van der Waals surface area (Å²) in [5.41, 5.74) is 1.21. The molecule has 2 heterocycles. The number of aromatic nitrogens is 2. The topological polar surface area (TPSA) is 38.1 Å². The van der Waals surface area contributed by atoms with Crippen LogP contribution in [0.4, 0.5) is 0 Å². The van der Waals surface area contributed by atoms with Crippen LogP contribution in [0.5, 0.6) is 0 Å². The Morgan fingerprint density at radius 1 is 1.42 bits per heavy atom. The van der Waals surface area contributed by atoms with Gasteiger partial charge in [-0.15, -0.1) is 0 Å². The van der Waals surface area contributed by atoms with E-state index in [0.717, 1.165) is 51.7 Å². The SMILES string of the molecule is CCCCN(CCC)C(=O)C1CCn2cncc2C1. The second-order valence-corrected chi connectivity index (χ2v) is 5.45. The van der Waals surface area contributed by atoms with E-state index in [1.54, 1.807) is 0 Å². The van der Waals surface area contributed by atoms with Crippen molar-refractivity contribution in [3.05, 3.63) is 18.2 Å². The molecule has 0 spiro atoms. The number of aryl methyl sites for hydroxylation is 1. The van der Waals surface area contributed by atoms with Crippen LogP contribution in [-0.4, -0.2) is 33.4 Å². The predicted molar refractivity (Wildman–Crippen MR) is 75.8 cm³/mol. The summed E-state index contributed by atoms with van der Waals surface area (Å²) in [6.07, 6.45) is 8.87. The first-order chi connectivity index (χ1) is 9.26. The molecule has 0 N–H and O–H groups in total. The fourth-order valence-corrected chi connectivity index (χ4v) is 2.79. The van der Waals surface area contributed by atoms with E-state index in [9.17, 15) is 4.79 Å². The van der Waals surface area contributed by atoms with Gasteiger partial charge in [-0.1, -0.05) is 20.3 Å². The summed E-state index contributed by atoms with van der Waals surface area (Å²) in [6.45, 7) is 7.06. The van der Waals surface area contributed by atoms with Gasteiger partial charge in [0.1, 0.15) is 0 Å². The number of fused-ring (bicyclic) bond motifs is 1. The lowest BCUT2D eigenvalue weighted by Crippen LogP contribution is -2.40. The lowest BCUT2D eigenvalue weighted by atomic mass is 9.94. The molecule has 106 valence electrons. The van der Waals surface area contributed by atoms with E-state index in [1.807, 2.05) is 12.5 Å². The Hall–Kier alpha value is -1.32. The number of carbonyl (C=O) groups excluding carboxylic acids is 1. The molecule has 0 aromatic carbocycles. The molecule has 0 radical (unpaired) electrons. The van der Waals surface area contributed by atoms with Crippen molar-refractivity contribution in [3.63, 3.8) is 0 Å². The Morgan fingerprint density at radius 3 is 3.00 bits per heavy atom. The zero-order valence-electron chi connectivity index (χ0n) is 12.1. The zero-order chi connectivity index (χ0) is 13.7. The first kappa shape index (κ1) is 14.1. The molecule has 4 nitrogen and oxygen atoms in total. The molecule has 0 fully saturated rings. The van der Waals surface area contributed by atoms with Crippen LogP contribution in [0.3, 0.4) is 0 Å². The Bertz CT molecular complexity index is 413. The zero-order valence-corrected chi connectivity index (χ0v) is 12.1. The molecule has 1 unspecified atom stereocenters. The Morgan fingerprint density at radius 2 is 2.26 bits per heavy atom. The van der Waals surface area contributed by atoms with Crippen molar-refractivity contribution in [1.82, 2.24) is 14.5 Å². The molecule has 1 aromatic rings. The third kappa shape index (κ3) is 3.37. The average Bonchev–Trinajstić information content (AvgIpc) is 2.90. The highest BCUT2D eigenvalue weighted by Crippen LogP contribution is 2.22. The van der Waals surface area contributed by atoms with Crippen molar-refractivity contribution in [2.45, 2.75) is 52.5 Å². The number of hydrogen-bond donors (Lipinski definition) is 0. The highest BCUT2D eigenvalue weighted by molar-refractivity contribution is 5.79. The standard InChI is InChI=1S/C15H25N3O/c1-3-5-8-17(7-4-2)15(19)13-6-9-18-12-16-11-14(18)10-13/h11-13H,3-10H2,1-2H3. The van der Waals surface area contributed by atoms with E-state index < -0.39 is 0 Å². The van der Waals surface area contributed by atoms with Gasteiger partial charge in [0.05, 0.1) is 6.33 Å². The first-order valence-corrected chi connectivity index (χ1v) is 7.54. The van der Waals surface area contributed by atoms with Crippen LogP contribution in [0.25, 0.3) is 0 Å². The molecule has 1 aliphatic rings. The van der Waals surface area contributed by atoms with Gasteiger partial charge in [-0.3, -0.25) is 4.79 Å². The van der Waals surface area contributed by atoms with E-state index in [4.69, 9.17) is 0 Å². The van der Waals surface area contributed by atoms with Crippen LogP contribution < -0.4 is 0 Å². The minimum atomic E-state index is 0.160. The normalized spacial score (nSPS) is 18.1. The minimum Gasteiger partial charge on any atom is -0.342 e. The fourth-order valence-electron chi connectivity index (χ4n) is 2.79. The highest BCUT2D eigenvalue weighted by atomic mass is 16.2. The number of rotatable bonds is 6. The summed E-state index contributed by atoms with van der Waals surface area (Å²) in [5, 5.41) is 0. The van der Waals surface area contributed by atoms with Crippen molar-refractivity contribution in [2.75, 3.05) is 13.1 Å². The van der Waals surface area contributed by atoms with E-state index in [2.05, 4.69) is 28.3 Å². The van der Waals surface area contributed by atoms with Gasteiger partial charge in [-0.05, 0) is 19.3 Å². The number of imidazole rings is 1. The molecule has 1 atom stereocenters. The van der Waals surface area contributed by atoms with Crippen LogP contribution in [0.1, 0.15) is 45.2 Å². The molecular weight excluding hydrogens is 238 g/mol. The van der Waals surface area contributed by atoms with Gasteiger partial charge in [-0.25, -0.2) is 4.98 Å². The Labute approximate surface area is 115 Å². The average molecular weight is 263 g/mol. The molecule has 0 saturated carbocycles. The Balaban J connectivity index is 1.98.